The van der Waals surface area contributed by atoms with E-state index in [-0.39, 0.29) is 6.61 Å². The first-order valence-corrected chi connectivity index (χ1v) is 13.2. The fraction of sp³-hybridized carbons (Fsp3) is 0.370. The van der Waals surface area contributed by atoms with Crippen LogP contribution in [0.2, 0.25) is 0 Å². The molecule has 0 spiro atoms. The lowest BCUT2D eigenvalue weighted by atomic mass is 10.1. The highest BCUT2D eigenvalue weighted by Gasteiger charge is 2.26. The van der Waals surface area contributed by atoms with Crippen LogP contribution in [0, 0.1) is 13.8 Å². The molecular weight excluding hydrogens is 464 g/mol. The molecule has 0 saturated carbocycles. The number of hydrogen-bond acceptors (Lipinski definition) is 6. The molecule has 34 heavy (non-hydrogen) atoms. The quantitative estimate of drug-likeness (QED) is 0.382. The van der Waals surface area contributed by atoms with Crippen molar-refractivity contribution in [1.82, 2.24) is 0 Å². The van der Waals surface area contributed by atoms with Gasteiger partial charge in [0.2, 0.25) is 5.52 Å². The van der Waals surface area contributed by atoms with Gasteiger partial charge in [0.05, 0.1) is 24.9 Å². The molecule has 180 valence electrons. The van der Waals surface area contributed by atoms with E-state index in [4.69, 9.17) is 9.47 Å². The maximum absolute atomic E-state index is 9.75. The second-order valence-corrected chi connectivity index (χ2v) is 10.4. The Morgan fingerprint density at radius 1 is 1.06 bits per heavy atom. The van der Waals surface area contributed by atoms with Gasteiger partial charge in [-0.25, -0.2) is 0 Å². The SMILES string of the molecule is CCC(=C/c1sc2cc(OC)c(C)cc2[n+]1CCO)/C=C1\Sc2cc(OC)c(C)cc2N1CC. The zero-order chi connectivity index (χ0) is 24.4. The van der Waals surface area contributed by atoms with Crippen LogP contribution in [0.15, 0.2) is 45.8 Å². The topological polar surface area (TPSA) is 45.8 Å². The van der Waals surface area contributed by atoms with Crippen LogP contribution in [0.5, 0.6) is 11.5 Å². The van der Waals surface area contributed by atoms with Gasteiger partial charge in [-0.15, -0.1) is 0 Å². The standard InChI is InChI=1S/C27H33N2O3S2/c1-7-19(13-26-28(8-2)20-11-17(3)22(31-5)15-24(20)33-26)14-27-29(9-10-30)21-12-18(4)23(32-6)16-25(21)34-27/h11-16,30H,7-10H2,1-6H3/q+1. The molecule has 0 radical (unpaired) electrons. The second-order valence-electron chi connectivity index (χ2n) is 8.30. The molecule has 0 saturated heterocycles. The van der Waals surface area contributed by atoms with Crippen LogP contribution in [-0.2, 0) is 6.54 Å². The van der Waals surface area contributed by atoms with Crippen molar-refractivity contribution in [1.29, 1.82) is 0 Å². The number of benzene rings is 2. The number of aromatic nitrogens is 1. The number of hydrogen-bond donors (Lipinski definition) is 1. The van der Waals surface area contributed by atoms with Crippen molar-refractivity contribution in [2.24, 2.45) is 0 Å². The lowest BCUT2D eigenvalue weighted by Gasteiger charge is -2.19. The molecule has 2 aromatic carbocycles. The summed E-state index contributed by atoms with van der Waals surface area (Å²) in [5.41, 5.74) is 5.87. The summed E-state index contributed by atoms with van der Waals surface area (Å²) in [6.07, 6.45) is 5.48. The number of aliphatic hydroxyl groups is 1. The molecule has 1 aromatic heterocycles. The molecule has 3 aromatic rings. The monoisotopic (exact) mass is 497 g/mol. The molecule has 1 aliphatic rings. The van der Waals surface area contributed by atoms with E-state index < -0.39 is 0 Å². The van der Waals surface area contributed by atoms with E-state index in [2.05, 4.69) is 73.6 Å². The maximum atomic E-state index is 9.75. The Kier molecular flexibility index (Phi) is 7.55. The van der Waals surface area contributed by atoms with Crippen molar-refractivity contribution >= 4 is 45.1 Å². The molecule has 0 atom stereocenters. The third-order valence-electron chi connectivity index (χ3n) is 6.16. The number of anilines is 1. The molecule has 0 amide bonds. The first kappa shape index (κ1) is 24.6. The van der Waals surface area contributed by atoms with Crippen molar-refractivity contribution in [3.8, 4) is 11.5 Å². The Morgan fingerprint density at radius 2 is 1.76 bits per heavy atom. The number of aliphatic hydroxyl groups excluding tert-OH is 1. The number of ether oxygens (including phenoxy) is 2. The van der Waals surface area contributed by atoms with Crippen LogP contribution >= 0.6 is 23.1 Å². The number of methoxy groups -OCH3 is 2. The minimum absolute atomic E-state index is 0.0981. The number of thioether (sulfide) groups is 1. The summed E-state index contributed by atoms with van der Waals surface area (Å²) in [7, 11) is 3.43. The number of aryl methyl sites for hydroxylation is 2. The predicted molar refractivity (Wildman–Crippen MR) is 143 cm³/mol. The van der Waals surface area contributed by atoms with Gasteiger partial charge in [-0.05, 0) is 62.1 Å². The smallest absolute Gasteiger partial charge is 0.263 e. The first-order valence-electron chi connectivity index (χ1n) is 11.6. The zero-order valence-corrected chi connectivity index (χ0v) is 22.4. The molecule has 0 bridgehead atoms. The van der Waals surface area contributed by atoms with Gasteiger partial charge in [0.15, 0.2) is 6.54 Å². The predicted octanol–water partition coefficient (Wildman–Crippen LogP) is 6.08. The molecule has 4 rings (SSSR count). The van der Waals surface area contributed by atoms with Gasteiger partial charge in [0.1, 0.15) is 22.8 Å². The average Bonchev–Trinajstić information content (AvgIpc) is 3.33. The van der Waals surface area contributed by atoms with Gasteiger partial charge in [-0.1, -0.05) is 30.0 Å². The van der Waals surface area contributed by atoms with Crippen molar-refractivity contribution in [3.63, 3.8) is 0 Å². The molecule has 0 fully saturated rings. The molecule has 0 aliphatic carbocycles. The zero-order valence-electron chi connectivity index (χ0n) is 20.8. The van der Waals surface area contributed by atoms with E-state index in [9.17, 15) is 5.11 Å². The highest BCUT2D eigenvalue weighted by atomic mass is 32.2. The number of rotatable bonds is 8. The Bertz CT molecular complexity index is 1280. The lowest BCUT2D eigenvalue weighted by molar-refractivity contribution is -0.670. The minimum Gasteiger partial charge on any atom is -0.496 e. The summed E-state index contributed by atoms with van der Waals surface area (Å²) >= 11 is 3.53. The Hall–Kier alpha value is -2.48. The van der Waals surface area contributed by atoms with Crippen molar-refractivity contribution in [2.75, 3.05) is 32.3 Å². The molecule has 2 heterocycles. The van der Waals surface area contributed by atoms with Gasteiger partial charge in [-0.2, -0.15) is 4.57 Å². The van der Waals surface area contributed by atoms with Crippen molar-refractivity contribution in [3.05, 3.63) is 57.1 Å². The third-order valence-corrected chi connectivity index (χ3v) is 8.35. The Morgan fingerprint density at radius 3 is 2.41 bits per heavy atom. The first-order chi connectivity index (χ1) is 16.4. The maximum Gasteiger partial charge on any atom is 0.263 e. The van der Waals surface area contributed by atoms with Crippen LogP contribution < -0.4 is 18.9 Å². The summed E-state index contributed by atoms with van der Waals surface area (Å²) in [6, 6.07) is 8.62. The second kappa shape index (κ2) is 10.4. The molecule has 1 N–H and O–H groups in total. The molecule has 0 unspecified atom stereocenters. The molecule has 1 aliphatic heterocycles. The van der Waals surface area contributed by atoms with E-state index in [0.717, 1.165) is 50.8 Å². The average molecular weight is 498 g/mol. The van der Waals surface area contributed by atoms with Crippen LogP contribution in [0.25, 0.3) is 16.3 Å². The van der Waals surface area contributed by atoms with Gasteiger partial charge >= 0.3 is 0 Å². The summed E-state index contributed by atoms with van der Waals surface area (Å²) in [5.74, 6) is 1.82. The van der Waals surface area contributed by atoms with E-state index >= 15 is 0 Å². The summed E-state index contributed by atoms with van der Waals surface area (Å²) in [6.45, 7) is 10.1. The van der Waals surface area contributed by atoms with Gasteiger partial charge in [-0.3, -0.25) is 0 Å². The van der Waals surface area contributed by atoms with Crippen LogP contribution in [0.1, 0.15) is 36.4 Å². The number of allylic oxidation sites excluding steroid dienone is 2. The van der Waals surface area contributed by atoms with Crippen LogP contribution in [0.3, 0.4) is 0 Å². The molecular formula is C27H33N2O3S2+. The van der Waals surface area contributed by atoms with E-state index in [1.165, 1.54) is 21.2 Å². The largest absolute Gasteiger partial charge is 0.496 e. The Labute approximate surface area is 210 Å². The van der Waals surface area contributed by atoms with E-state index in [1.807, 2.05) is 0 Å². The molecule has 7 heteroatoms. The number of nitrogens with zero attached hydrogens (tertiary/aromatic N) is 2. The normalized spacial score (nSPS) is 14.9. The van der Waals surface area contributed by atoms with Gasteiger partial charge in [0.25, 0.3) is 5.01 Å². The lowest BCUT2D eigenvalue weighted by Crippen LogP contribution is -2.36. The highest BCUT2D eigenvalue weighted by molar-refractivity contribution is 8.03. The summed E-state index contributed by atoms with van der Waals surface area (Å²) in [4.78, 5) is 3.60. The fourth-order valence-electron chi connectivity index (χ4n) is 4.34. The van der Waals surface area contributed by atoms with E-state index in [0.29, 0.717) is 6.54 Å². The van der Waals surface area contributed by atoms with Crippen LogP contribution in [-0.4, -0.2) is 32.5 Å². The molecule has 5 nitrogen and oxygen atoms in total. The summed E-state index contributed by atoms with van der Waals surface area (Å²) in [5, 5.41) is 12.1. The van der Waals surface area contributed by atoms with Gasteiger partial charge in [0, 0.05) is 29.6 Å². The fourth-order valence-corrected chi connectivity index (χ4v) is 6.73. The Balaban J connectivity index is 1.77. The minimum atomic E-state index is 0.0981. The van der Waals surface area contributed by atoms with Crippen molar-refractivity contribution < 1.29 is 19.1 Å². The number of thiazole rings is 1. The number of fused-ring (bicyclic) bond motifs is 2. The van der Waals surface area contributed by atoms with Crippen molar-refractivity contribution in [2.45, 2.75) is 45.6 Å². The summed E-state index contributed by atoms with van der Waals surface area (Å²) < 4.78 is 14.5. The van der Waals surface area contributed by atoms with Gasteiger partial charge < -0.3 is 19.5 Å². The highest BCUT2D eigenvalue weighted by Crippen LogP contribution is 2.48. The van der Waals surface area contributed by atoms with Crippen LogP contribution in [0.4, 0.5) is 5.69 Å². The van der Waals surface area contributed by atoms with E-state index in [1.54, 1.807) is 37.3 Å². The third kappa shape index (κ3) is 4.57.